The van der Waals surface area contributed by atoms with Crippen LogP contribution in [0.1, 0.15) is 27.7 Å². The molecule has 2 rings (SSSR count). The van der Waals surface area contributed by atoms with Crippen LogP contribution in [0.5, 0.6) is 0 Å². The predicted octanol–water partition coefficient (Wildman–Crippen LogP) is 0.580. The number of oxime groups is 1. The standard InChI is InChI=1S/C16H27N5O4/c1-10(2)8-21(9-11(3)4)14-17-25-16(20(14)7)12(22)18(5)15(24)19(6)13(16)23/h10-11H,8-9H2,1-7H3. The van der Waals surface area contributed by atoms with E-state index in [0.717, 1.165) is 9.80 Å². The molecule has 1 fully saturated rings. The molecule has 0 aromatic carbocycles. The van der Waals surface area contributed by atoms with Crippen molar-refractivity contribution in [1.82, 2.24) is 19.6 Å². The van der Waals surface area contributed by atoms with Crippen LogP contribution < -0.4 is 0 Å². The lowest BCUT2D eigenvalue weighted by Gasteiger charge is -2.41. The normalized spacial score (nSPS) is 20.1. The molecule has 9 heteroatoms. The van der Waals surface area contributed by atoms with Gasteiger partial charge in [-0.15, -0.1) is 0 Å². The van der Waals surface area contributed by atoms with Crippen molar-refractivity contribution in [2.45, 2.75) is 33.4 Å². The zero-order chi connectivity index (χ0) is 19.1. The second kappa shape index (κ2) is 6.53. The van der Waals surface area contributed by atoms with Crippen molar-refractivity contribution in [2.24, 2.45) is 17.0 Å². The van der Waals surface area contributed by atoms with Crippen LogP contribution in [-0.4, -0.2) is 83.4 Å². The predicted molar refractivity (Wildman–Crippen MR) is 91.2 cm³/mol. The summed E-state index contributed by atoms with van der Waals surface area (Å²) in [5, 5.41) is 4.06. The van der Waals surface area contributed by atoms with Crippen molar-refractivity contribution in [3.8, 4) is 0 Å². The Morgan fingerprint density at radius 3 is 1.80 bits per heavy atom. The number of amides is 4. The Hall–Kier alpha value is -2.32. The SMILES string of the molecule is CC(C)CN(CC(C)C)C1=NOC2(C(=O)N(C)C(=O)N(C)C2=O)N1C. The second-order valence-corrected chi connectivity index (χ2v) is 7.39. The highest BCUT2D eigenvalue weighted by Gasteiger charge is 2.65. The van der Waals surface area contributed by atoms with Crippen molar-refractivity contribution in [2.75, 3.05) is 34.2 Å². The van der Waals surface area contributed by atoms with Gasteiger partial charge in [0.1, 0.15) is 0 Å². The maximum Gasteiger partial charge on any atom is 0.370 e. The maximum absolute atomic E-state index is 12.7. The van der Waals surface area contributed by atoms with E-state index in [9.17, 15) is 14.4 Å². The first-order chi connectivity index (χ1) is 11.5. The Kier molecular flexibility index (Phi) is 4.97. The molecule has 0 aromatic heterocycles. The highest BCUT2D eigenvalue weighted by Crippen LogP contribution is 2.32. The average molecular weight is 353 g/mol. The Bertz CT molecular complexity index is 582. The summed E-state index contributed by atoms with van der Waals surface area (Å²) in [5.41, 5.74) is -1.96. The molecule has 0 bridgehead atoms. The van der Waals surface area contributed by atoms with E-state index >= 15 is 0 Å². The fourth-order valence-corrected chi connectivity index (χ4v) is 3.07. The van der Waals surface area contributed by atoms with Crippen LogP contribution >= 0.6 is 0 Å². The molecule has 25 heavy (non-hydrogen) atoms. The van der Waals surface area contributed by atoms with Gasteiger partial charge in [-0.1, -0.05) is 27.7 Å². The molecule has 0 aliphatic carbocycles. The zero-order valence-corrected chi connectivity index (χ0v) is 15.9. The molecule has 2 heterocycles. The third kappa shape index (κ3) is 2.91. The third-order valence-corrected chi connectivity index (χ3v) is 4.25. The summed E-state index contributed by atoms with van der Waals surface area (Å²) in [5.74, 6) is -0.348. The average Bonchev–Trinajstić information content (AvgIpc) is 2.86. The fourth-order valence-electron chi connectivity index (χ4n) is 3.07. The first kappa shape index (κ1) is 19.0. The van der Waals surface area contributed by atoms with Crippen LogP contribution in [0.3, 0.4) is 0 Å². The van der Waals surface area contributed by atoms with Gasteiger partial charge < -0.3 is 9.74 Å². The lowest BCUT2D eigenvalue weighted by atomic mass is 10.1. The highest BCUT2D eigenvalue weighted by atomic mass is 16.7. The largest absolute Gasteiger partial charge is 0.370 e. The van der Waals surface area contributed by atoms with E-state index in [0.29, 0.717) is 30.9 Å². The van der Waals surface area contributed by atoms with Gasteiger partial charge in [-0.3, -0.25) is 24.3 Å². The minimum absolute atomic E-state index is 0.357. The maximum atomic E-state index is 12.7. The molecular weight excluding hydrogens is 326 g/mol. The fraction of sp³-hybridized carbons (Fsp3) is 0.750. The van der Waals surface area contributed by atoms with E-state index in [1.54, 1.807) is 7.05 Å². The van der Waals surface area contributed by atoms with E-state index in [2.05, 4.69) is 32.9 Å². The molecular formula is C16H27N5O4. The summed E-state index contributed by atoms with van der Waals surface area (Å²) in [6.07, 6.45) is 0. The van der Waals surface area contributed by atoms with Gasteiger partial charge in [0.05, 0.1) is 0 Å². The Morgan fingerprint density at radius 2 is 1.40 bits per heavy atom. The summed E-state index contributed by atoms with van der Waals surface area (Å²) in [7, 11) is 4.24. The van der Waals surface area contributed by atoms with E-state index in [4.69, 9.17) is 4.84 Å². The Labute approximate surface area is 148 Å². The molecule has 0 N–H and O–H groups in total. The Balaban J connectivity index is 2.37. The number of urea groups is 1. The van der Waals surface area contributed by atoms with Crippen molar-refractivity contribution in [3.05, 3.63) is 0 Å². The number of carbonyl (C=O) groups excluding carboxylic acids is 3. The number of rotatable bonds is 4. The van der Waals surface area contributed by atoms with Crippen LogP contribution in [0.2, 0.25) is 0 Å². The van der Waals surface area contributed by atoms with Gasteiger partial charge in [0.15, 0.2) is 0 Å². The van der Waals surface area contributed by atoms with E-state index < -0.39 is 23.6 Å². The van der Waals surface area contributed by atoms with Gasteiger partial charge in [0.25, 0.3) is 0 Å². The van der Waals surface area contributed by atoms with Crippen molar-refractivity contribution < 1.29 is 19.2 Å². The Morgan fingerprint density at radius 1 is 0.960 bits per heavy atom. The molecule has 0 radical (unpaired) electrons. The molecule has 0 saturated carbocycles. The number of carbonyl (C=O) groups is 3. The summed E-state index contributed by atoms with van der Waals surface area (Å²) < 4.78 is 0. The number of hydrogen-bond acceptors (Lipinski definition) is 7. The number of likely N-dealkylation sites (N-methyl/N-ethyl adjacent to an activating group) is 3. The number of imide groups is 2. The smallest absolute Gasteiger partial charge is 0.342 e. The molecule has 4 amide bonds. The molecule has 140 valence electrons. The minimum atomic E-state index is -1.96. The van der Waals surface area contributed by atoms with Gasteiger partial charge >= 0.3 is 23.6 Å². The number of guanidine groups is 1. The number of barbiturate groups is 1. The van der Waals surface area contributed by atoms with Crippen LogP contribution in [0.15, 0.2) is 5.16 Å². The molecule has 0 unspecified atom stereocenters. The van der Waals surface area contributed by atoms with Crippen LogP contribution in [0, 0.1) is 11.8 Å². The summed E-state index contributed by atoms with van der Waals surface area (Å²) >= 11 is 0. The van der Waals surface area contributed by atoms with E-state index in [1.807, 2.05) is 4.90 Å². The minimum Gasteiger partial charge on any atom is -0.342 e. The molecule has 0 aromatic rings. The van der Waals surface area contributed by atoms with Gasteiger partial charge in [-0.2, -0.15) is 0 Å². The van der Waals surface area contributed by atoms with Crippen molar-refractivity contribution in [1.29, 1.82) is 0 Å². The summed E-state index contributed by atoms with van der Waals surface area (Å²) in [6, 6.07) is -0.688. The topological polar surface area (TPSA) is 85.8 Å². The lowest BCUT2D eigenvalue weighted by Crippen LogP contribution is -2.73. The van der Waals surface area contributed by atoms with Gasteiger partial charge in [0.2, 0.25) is 5.96 Å². The lowest BCUT2D eigenvalue weighted by molar-refractivity contribution is -0.186. The van der Waals surface area contributed by atoms with Crippen molar-refractivity contribution in [3.63, 3.8) is 0 Å². The first-order valence-corrected chi connectivity index (χ1v) is 8.39. The highest BCUT2D eigenvalue weighted by molar-refractivity contribution is 6.22. The first-order valence-electron chi connectivity index (χ1n) is 8.39. The molecule has 2 aliphatic rings. The summed E-state index contributed by atoms with van der Waals surface area (Å²) in [4.78, 5) is 48.1. The van der Waals surface area contributed by atoms with E-state index in [1.165, 1.54) is 19.0 Å². The molecule has 2 aliphatic heterocycles. The van der Waals surface area contributed by atoms with Crippen LogP contribution in [0.4, 0.5) is 4.79 Å². The van der Waals surface area contributed by atoms with Gasteiger partial charge in [0, 0.05) is 34.2 Å². The van der Waals surface area contributed by atoms with Crippen LogP contribution in [0.25, 0.3) is 0 Å². The second-order valence-electron chi connectivity index (χ2n) is 7.39. The van der Waals surface area contributed by atoms with Crippen LogP contribution in [-0.2, 0) is 14.4 Å². The van der Waals surface area contributed by atoms with E-state index in [-0.39, 0.29) is 0 Å². The molecule has 1 saturated heterocycles. The summed E-state index contributed by atoms with van der Waals surface area (Å²) in [6.45, 7) is 9.72. The van der Waals surface area contributed by atoms with Gasteiger partial charge in [-0.25, -0.2) is 4.79 Å². The van der Waals surface area contributed by atoms with Crippen molar-refractivity contribution >= 4 is 23.8 Å². The quantitative estimate of drug-likeness (QED) is 0.687. The number of hydrogen-bond donors (Lipinski definition) is 0. The number of nitrogens with zero attached hydrogens (tertiary/aromatic N) is 5. The molecule has 9 nitrogen and oxygen atoms in total. The third-order valence-electron chi connectivity index (χ3n) is 4.25. The monoisotopic (exact) mass is 353 g/mol. The molecule has 0 atom stereocenters. The zero-order valence-electron chi connectivity index (χ0n) is 15.9. The molecule has 1 spiro atoms. The van der Waals surface area contributed by atoms with Gasteiger partial charge in [-0.05, 0) is 17.0 Å².